The van der Waals surface area contributed by atoms with Gasteiger partial charge in [-0.2, -0.15) is 0 Å². The van der Waals surface area contributed by atoms with Crippen LogP contribution in [0.1, 0.15) is 34.1 Å². The van der Waals surface area contributed by atoms with Crippen molar-refractivity contribution in [1.29, 1.82) is 0 Å². The number of hydrogen-bond donors (Lipinski definition) is 0. The van der Waals surface area contributed by atoms with Crippen LogP contribution in [-0.2, 0) is 19.1 Å². The average molecular weight is 240 g/mol. The summed E-state index contributed by atoms with van der Waals surface area (Å²) in [6.07, 6.45) is 0.163. The molecule has 1 fully saturated rings. The highest BCUT2D eigenvalue weighted by molar-refractivity contribution is 5.91. The third-order valence-electron chi connectivity index (χ3n) is 2.62. The first kappa shape index (κ1) is 13.9. The van der Waals surface area contributed by atoms with Crippen molar-refractivity contribution >= 4 is 11.8 Å². The topological polar surface area (TPSA) is 52.6 Å². The van der Waals surface area contributed by atoms with Gasteiger partial charge in [-0.1, -0.05) is 6.58 Å². The Morgan fingerprint density at radius 2 is 2.12 bits per heavy atom. The second kappa shape index (κ2) is 5.00. The maximum Gasteiger partial charge on any atom is 0.333 e. The van der Waals surface area contributed by atoms with Crippen molar-refractivity contribution in [1.82, 2.24) is 0 Å². The lowest BCUT2D eigenvalue weighted by atomic mass is 9.93. The van der Waals surface area contributed by atoms with Gasteiger partial charge in [0.05, 0.1) is 12.0 Å². The predicted molar refractivity (Wildman–Crippen MR) is 63.5 cm³/mol. The molecule has 0 radical (unpaired) electrons. The Labute approximate surface area is 102 Å². The van der Waals surface area contributed by atoms with Gasteiger partial charge < -0.3 is 9.47 Å². The van der Waals surface area contributed by atoms with Crippen molar-refractivity contribution in [2.45, 2.75) is 45.8 Å². The Bertz CT molecular complexity index is 338. The third kappa shape index (κ3) is 3.97. The molecule has 4 nitrogen and oxygen atoms in total. The van der Waals surface area contributed by atoms with Crippen molar-refractivity contribution in [3.8, 4) is 0 Å². The van der Waals surface area contributed by atoms with Crippen LogP contribution in [0.15, 0.2) is 12.2 Å². The maximum absolute atomic E-state index is 11.7. The standard InChI is InChI=1S/C13H20O4/c1-8(12(15)17-13(3,4)5)6-10-9(2)16-7-11(10)14/h9-10H,1,6-7H2,2-5H3/t9-,10?/m0/s1. The maximum atomic E-state index is 11.7. The molecule has 1 rings (SSSR count). The number of ketones is 1. The van der Waals surface area contributed by atoms with E-state index in [0.717, 1.165) is 0 Å². The molecule has 0 saturated carbocycles. The molecule has 1 aliphatic rings. The fourth-order valence-corrected chi connectivity index (χ4v) is 1.68. The van der Waals surface area contributed by atoms with Crippen LogP contribution in [0.5, 0.6) is 0 Å². The van der Waals surface area contributed by atoms with Gasteiger partial charge >= 0.3 is 5.97 Å². The zero-order chi connectivity index (χ0) is 13.2. The van der Waals surface area contributed by atoms with Gasteiger partial charge in [0.15, 0.2) is 5.78 Å². The molecule has 0 aromatic heterocycles. The van der Waals surface area contributed by atoms with E-state index in [0.29, 0.717) is 12.0 Å². The number of esters is 1. The quantitative estimate of drug-likeness (QED) is 0.558. The summed E-state index contributed by atoms with van der Waals surface area (Å²) in [5, 5.41) is 0. The minimum absolute atomic E-state index is 0.0298. The van der Waals surface area contributed by atoms with Crippen LogP contribution < -0.4 is 0 Å². The Balaban J connectivity index is 2.54. The Morgan fingerprint density at radius 3 is 2.53 bits per heavy atom. The molecule has 4 heteroatoms. The van der Waals surface area contributed by atoms with E-state index in [1.807, 2.05) is 6.92 Å². The normalized spacial score (nSPS) is 24.8. The van der Waals surface area contributed by atoms with E-state index in [2.05, 4.69) is 6.58 Å². The summed E-state index contributed by atoms with van der Waals surface area (Å²) < 4.78 is 10.4. The van der Waals surface area contributed by atoms with Crippen LogP contribution in [0.3, 0.4) is 0 Å². The highest BCUT2D eigenvalue weighted by Gasteiger charge is 2.34. The molecule has 96 valence electrons. The minimum Gasteiger partial charge on any atom is -0.457 e. The van der Waals surface area contributed by atoms with Gasteiger partial charge in [0.1, 0.15) is 12.2 Å². The van der Waals surface area contributed by atoms with E-state index < -0.39 is 11.6 Å². The molecule has 1 saturated heterocycles. The zero-order valence-corrected chi connectivity index (χ0v) is 10.9. The molecular formula is C13H20O4. The first-order valence-corrected chi connectivity index (χ1v) is 5.76. The molecule has 0 bridgehead atoms. The lowest BCUT2D eigenvalue weighted by Gasteiger charge is -2.21. The molecule has 1 aliphatic heterocycles. The first-order chi connectivity index (χ1) is 7.70. The summed E-state index contributed by atoms with van der Waals surface area (Å²) in [4.78, 5) is 23.2. The Hall–Kier alpha value is -1.16. The molecule has 2 atom stereocenters. The summed E-state index contributed by atoms with van der Waals surface area (Å²) in [6, 6.07) is 0. The minimum atomic E-state index is -0.540. The Kier molecular flexibility index (Phi) is 4.09. The smallest absolute Gasteiger partial charge is 0.333 e. The van der Waals surface area contributed by atoms with Crippen LogP contribution in [0.4, 0.5) is 0 Å². The van der Waals surface area contributed by atoms with Gasteiger partial charge in [-0.25, -0.2) is 4.79 Å². The third-order valence-corrected chi connectivity index (χ3v) is 2.62. The molecule has 0 amide bonds. The van der Waals surface area contributed by atoms with Gasteiger partial charge in [0.25, 0.3) is 0 Å². The van der Waals surface area contributed by atoms with E-state index in [4.69, 9.17) is 9.47 Å². The van der Waals surface area contributed by atoms with E-state index in [1.165, 1.54) is 0 Å². The second-order valence-electron chi connectivity index (χ2n) is 5.40. The van der Waals surface area contributed by atoms with Gasteiger partial charge in [-0.15, -0.1) is 0 Å². The van der Waals surface area contributed by atoms with Crippen LogP contribution >= 0.6 is 0 Å². The van der Waals surface area contributed by atoms with Crippen molar-refractivity contribution < 1.29 is 19.1 Å². The zero-order valence-electron chi connectivity index (χ0n) is 10.9. The molecule has 0 spiro atoms. The van der Waals surface area contributed by atoms with Crippen molar-refractivity contribution in [2.75, 3.05) is 6.61 Å². The van der Waals surface area contributed by atoms with Crippen molar-refractivity contribution in [2.24, 2.45) is 5.92 Å². The molecule has 0 aliphatic carbocycles. The first-order valence-electron chi connectivity index (χ1n) is 5.76. The van der Waals surface area contributed by atoms with Gasteiger partial charge in [-0.05, 0) is 34.1 Å². The average Bonchev–Trinajstić information content (AvgIpc) is 2.46. The van der Waals surface area contributed by atoms with Crippen LogP contribution in [-0.4, -0.2) is 30.1 Å². The molecule has 1 unspecified atom stereocenters. The fraction of sp³-hybridized carbons (Fsp3) is 0.692. The Morgan fingerprint density at radius 1 is 1.53 bits per heavy atom. The summed E-state index contributed by atoms with van der Waals surface area (Å²) in [7, 11) is 0. The van der Waals surface area contributed by atoms with Gasteiger partial charge in [0, 0.05) is 5.57 Å². The summed E-state index contributed by atoms with van der Waals surface area (Å²) in [5.41, 5.74) is -0.211. The molecule has 17 heavy (non-hydrogen) atoms. The number of ether oxygens (including phenoxy) is 2. The van der Waals surface area contributed by atoms with Gasteiger partial charge in [0.2, 0.25) is 0 Å². The van der Waals surface area contributed by atoms with Crippen molar-refractivity contribution in [3.63, 3.8) is 0 Å². The van der Waals surface area contributed by atoms with Crippen LogP contribution in [0.25, 0.3) is 0 Å². The van der Waals surface area contributed by atoms with E-state index >= 15 is 0 Å². The fourth-order valence-electron chi connectivity index (χ4n) is 1.68. The van der Waals surface area contributed by atoms with Crippen LogP contribution in [0.2, 0.25) is 0 Å². The van der Waals surface area contributed by atoms with E-state index in [1.54, 1.807) is 20.8 Å². The lowest BCUT2D eigenvalue weighted by molar-refractivity contribution is -0.150. The number of carbonyl (C=O) groups is 2. The van der Waals surface area contributed by atoms with E-state index in [9.17, 15) is 9.59 Å². The lowest BCUT2D eigenvalue weighted by Crippen LogP contribution is -2.27. The predicted octanol–water partition coefficient (Wildman–Crippen LogP) is 1.88. The number of Topliss-reactive ketones (excluding diaryl/α,β-unsaturated/α-hetero) is 1. The summed E-state index contributed by atoms with van der Waals surface area (Å²) in [5.74, 6) is -0.679. The summed E-state index contributed by atoms with van der Waals surface area (Å²) >= 11 is 0. The number of rotatable bonds is 3. The molecular weight excluding hydrogens is 220 g/mol. The largest absolute Gasteiger partial charge is 0.457 e. The van der Waals surface area contributed by atoms with Crippen LogP contribution in [0, 0.1) is 5.92 Å². The summed E-state index contributed by atoms with van der Waals surface area (Å²) in [6.45, 7) is 11.0. The molecule has 0 N–H and O–H groups in total. The molecule has 1 heterocycles. The van der Waals surface area contributed by atoms with Crippen molar-refractivity contribution in [3.05, 3.63) is 12.2 Å². The highest BCUT2D eigenvalue weighted by atomic mass is 16.6. The molecule has 0 aromatic carbocycles. The monoisotopic (exact) mass is 240 g/mol. The second-order valence-corrected chi connectivity index (χ2v) is 5.40. The molecule has 0 aromatic rings. The van der Waals surface area contributed by atoms with E-state index in [-0.39, 0.29) is 24.4 Å². The highest BCUT2D eigenvalue weighted by Crippen LogP contribution is 2.25. The van der Waals surface area contributed by atoms with Gasteiger partial charge in [-0.3, -0.25) is 4.79 Å². The number of hydrogen-bond acceptors (Lipinski definition) is 4. The SMILES string of the molecule is C=C(CC1C(=O)CO[C@H]1C)C(=O)OC(C)(C)C. The number of carbonyl (C=O) groups excluding carboxylic acids is 2.